The van der Waals surface area contributed by atoms with Crippen LogP contribution in [0.1, 0.15) is 108 Å². The van der Waals surface area contributed by atoms with Crippen molar-refractivity contribution in [2.45, 2.75) is 90.9 Å². The zero-order chi connectivity index (χ0) is 52.3. The van der Waals surface area contributed by atoms with E-state index in [4.69, 9.17) is 9.72 Å². The Labute approximate surface area is 464 Å². The molecule has 384 valence electrons. The van der Waals surface area contributed by atoms with Crippen molar-refractivity contribution < 1.29 is 25.8 Å². The van der Waals surface area contributed by atoms with Gasteiger partial charge in [0.2, 0.25) is 0 Å². The fourth-order valence-electron chi connectivity index (χ4n) is 10.4. The van der Waals surface area contributed by atoms with E-state index < -0.39 is 5.41 Å². The van der Waals surface area contributed by atoms with E-state index in [-0.39, 0.29) is 37.3 Å². The van der Waals surface area contributed by atoms with Crippen molar-refractivity contribution >= 4 is 38.9 Å². The molecule has 0 atom stereocenters. The Morgan fingerprint density at radius 3 is 1.64 bits per heavy atom. The van der Waals surface area contributed by atoms with Gasteiger partial charge in [-0.15, -0.1) is 53.6 Å². The third-order valence-electron chi connectivity index (χ3n) is 15.3. The van der Waals surface area contributed by atoms with Crippen LogP contribution in [0.3, 0.4) is 0 Å². The molecule has 0 saturated carbocycles. The van der Waals surface area contributed by atoms with Gasteiger partial charge in [-0.3, -0.25) is 0 Å². The standard InChI is InChI=1S/C70H65N4O.Pt/c1-67(2,3)54-38-55(68(4,5)6)40-57(39-54)72-46-65(49-25-17-12-18-26-49)73(47-72)58-41-56(70(9,10)52-29-21-14-22-30-52)42-60(44-58)75-59-32-33-61-62-37-50(48-23-15-11-16-24-48)31-34-63(62)74(64(61)45-59)66-43-53(35-36-71-66)69(7,8)51-27-19-13-20-28-51;/h11-43,46-47H,1-10H3;/q-3;. The number of benzene rings is 8. The monoisotopic (exact) mass is 1170 g/mol. The molecule has 0 aliphatic carbocycles. The summed E-state index contributed by atoms with van der Waals surface area (Å²) >= 11 is 0. The van der Waals surface area contributed by atoms with Crippen LogP contribution in [-0.4, -0.2) is 9.55 Å². The maximum atomic E-state index is 7.11. The smallest absolute Gasteiger partial charge is 0.135 e. The number of pyridine rings is 1. The molecule has 0 bridgehead atoms. The molecule has 1 aliphatic heterocycles. The SMILES string of the molecule is CC(C)(C)c1cc(N2C=C(c3ccccc3)N(c3[c-]c(Oc4[c-]c5c(cc4)c4cc(-c6ccccc6)ccc4n5-c4cc(C(C)(C)c5ccccc5)ccn4)cc(C(C)(C)c4ccccc4)c3)[CH-]2)cc(C(C)(C)C)c1.[Pt]. The van der Waals surface area contributed by atoms with Gasteiger partial charge in [-0.2, -0.15) is 6.07 Å². The van der Waals surface area contributed by atoms with Gasteiger partial charge in [0.1, 0.15) is 5.82 Å². The number of rotatable bonds is 11. The van der Waals surface area contributed by atoms with E-state index in [0.717, 1.165) is 66.9 Å². The first kappa shape index (κ1) is 52.0. The van der Waals surface area contributed by atoms with Gasteiger partial charge in [-0.05, 0) is 103 Å². The molecule has 0 radical (unpaired) electrons. The molecule has 10 aromatic rings. The van der Waals surface area contributed by atoms with E-state index in [1.54, 1.807) is 0 Å². The summed E-state index contributed by atoms with van der Waals surface area (Å²) in [5.74, 6) is 1.98. The largest absolute Gasteiger partial charge is 0.509 e. The van der Waals surface area contributed by atoms with Crippen molar-refractivity contribution in [1.29, 1.82) is 0 Å². The number of aromatic nitrogens is 2. The molecule has 5 nitrogen and oxygen atoms in total. The summed E-state index contributed by atoms with van der Waals surface area (Å²) in [6.07, 6.45) is 4.18. The summed E-state index contributed by atoms with van der Waals surface area (Å²) in [5.41, 5.74) is 14.8. The zero-order valence-electron chi connectivity index (χ0n) is 45.2. The Bertz CT molecular complexity index is 3700. The maximum absolute atomic E-state index is 7.11. The van der Waals surface area contributed by atoms with Gasteiger partial charge in [-0.25, -0.2) is 4.98 Å². The molecule has 0 unspecified atom stereocenters. The van der Waals surface area contributed by atoms with Gasteiger partial charge in [-0.1, -0.05) is 214 Å². The van der Waals surface area contributed by atoms with E-state index >= 15 is 0 Å². The molecule has 0 fully saturated rings. The average molecular weight is 1170 g/mol. The molecule has 0 amide bonds. The molecule has 0 spiro atoms. The van der Waals surface area contributed by atoms with Crippen LogP contribution in [0.25, 0.3) is 44.4 Å². The predicted molar refractivity (Wildman–Crippen MR) is 313 cm³/mol. The van der Waals surface area contributed by atoms with Gasteiger partial charge in [0.15, 0.2) is 0 Å². The molecular formula is C70H65N4OPt-3. The number of hydrogen-bond donors (Lipinski definition) is 0. The molecular weight excluding hydrogens is 1110 g/mol. The van der Waals surface area contributed by atoms with Crippen molar-refractivity contribution in [3.63, 3.8) is 0 Å². The average Bonchev–Trinajstić information content (AvgIpc) is 4.08. The topological polar surface area (TPSA) is 33.5 Å². The van der Waals surface area contributed by atoms with Gasteiger partial charge in [0, 0.05) is 61.1 Å². The minimum Gasteiger partial charge on any atom is -0.509 e. The Morgan fingerprint density at radius 2 is 1.04 bits per heavy atom. The second kappa shape index (κ2) is 20.2. The normalized spacial score (nSPS) is 13.3. The minimum absolute atomic E-state index is 0. The number of ether oxygens (including phenoxy) is 1. The van der Waals surface area contributed by atoms with Crippen LogP contribution in [0, 0.1) is 18.8 Å². The molecule has 76 heavy (non-hydrogen) atoms. The second-order valence-corrected chi connectivity index (χ2v) is 23.2. The van der Waals surface area contributed by atoms with Crippen molar-refractivity contribution in [1.82, 2.24) is 9.55 Å². The molecule has 2 aromatic heterocycles. The van der Waals surface area contributed by atoms with Crippen LogP contribution in [0.15, 0.2) is 207 Å². The molecule has 1 aliphatic rings. The van der Waals surface area contributed by atoms with E-state index in [0.29, 0.717) is 11.5 Å². The number of hydrogen-bond acceptors (Lipinski definition) is 4. The minimum atomic E-state index is -0.400. The van der Waals surface area contributed by atoms with E-state index in [2.05, 4.69) is 297 Å². The fraction of sp³-hybridized carbons (Fsp3) is 0.200. The number of nitrogens with zero attached hydrogens (tertiary/aromatic N) is 4. The van der Waals surface area contributed by atoms with Crippen LogP contribution in [-0.2, 0) is 42.7 Å². The second-order valence-electron chi connectivity index (χ2n) is 23.2. The first-order valence-corrected chi connectivity index (χ1v) is 26.2. The Balaban J connectivity index is 0.00000657. The van der Waals surface area contributed by atoms with Gasteiger partial charge in [0.25, 0.3) is 0 Å². The van der Waals surface area contributed by atoms with Crippen LogP contribution >= 0.6 is 0 Å². The number of anilines is 2. The van der Waals surface area contributed by atoms with E-state index in [9.17, 15) is 0 Å². The van der Waals surface area contributed by atoms with E-state index in [1.807, 2.05) is 12.3 Å². The maximum Gasteiger partial charge on any atom is 0.135 e. The predicted octanol–water partition coefficient (Wildman–Crippen LogP) is 17.9. The summed E-state index contributed by atoms with van der Waals surface area (Å²) in [6, 6.07) is 77.0. The van der Waals surface area contributed by atoms with Gasteiger partial charge in [0.05, 0.1) is 0 Å². The molecule has 8 aromatic carbocycles. The summed E-state index contributed by atoms with van der Waals surface area (Å²) in [5, 5.41) is 2.17. The molecule has 11 rings (SSSR count). The van der Waals surface area contributed by atoms with Crippen molar-refractivity contribution in [2.24, 2.45) is 0 Å². The van der Waals surface area contributed by atoms with Crippen LogP contribution in [0.2, 0.25) is 0 Å². The Kier molecular flexibility index (Phi) is 13.9. The third kappa shape index (κ3) is 10.1. The summed E-state index contributed by atoms with van der Waals surface area (Å²) < 4.78 is 9.36. The first-order chi connectivity index (χ1) is 35.9. The summed E-state index contributed by atoms with van der Waals surface area (Å²) in [6.45, 7) is 25.1. The Hall–Kier alpha value is -7.46. The Morgan fingerprint density at radius 1 is 0.461 bits per heavy atom. The summed E-state index contributed by atoms with van der Waals surface area (Å²) in [7, 11) is 0. The zero-order valence-corrected chi connectivity index (χ0v) is 47.5. The van der Waals surface area contributed by atoms with Crippen molar-refractivity contribution in [2.75, 3.05) is 9.80 Å². The third-order valence-corrected chi connectivity index (χ3v) is 15.3. The van der Waals surface area contributed by atoms with E-state index in [1.165, 1.54) is 27.8 Å². The fourth-order valence-corrected chi connectivity index (χ4v) is 10.4. The van der Waals surface area contributed by atoms with Crippen LogP contribution in [0.5, 0.6) is 11.5 Å². The van der Waals surface area contributed by atoms with Crippen LogP contribution < -0.4 is 14.5 Å². The number of fused-ring (bicyclic) bond motifs is 3. The molecule has 3 heterocycles. The summed E-state index contributed by atoms with van der Waals surface area (Å²) in [4.78, 5) is 9.61. The van der Waals surface area contributed by atoms with Gasteiger partial charge < -0.3 is 19.1 Å². The van der Waals surface area contributed by atoms with Crippen LogP contribution in [0.4, 0.5) is 11.4 Å². The molecule has 0 N–H and O–H groups in total. The molecule has 6 heteroatoms. The quantitative estimate of drug-likeness (QED) is 0.121. The molecule has 0 saturated heterocycles. The first-order valence-electron chi connectivity index (χ1n) is 26.2. The van der Waals surface area contributed by atoms with Crippen molar-refractivity contribution in [3.05, 3.63) is 264 Å². The van der Waals surface area contributed by atoms with Crippen molar-refractivity contribution in [3.8, 4) is 28.4 Å². The van der Waals surface area contributed by atoms with Gasteiger partial charge >= 0.3 is 0 Å².